The minimum Gasteiger partial charge on any atom is -0.385 e. The van der Waals surface area contributed by atoms with Gasteiger partial charge in [0.1, 0.15) is 0 Å². The highest BCUT2D eigenvalue weighted by Gasteiger charge is 2.27. The predicted octanol–water partition coefficient (Wildman–Crippen LogP) is 3.92. The Labute approximate surface area is 134 Å². The highest BCUT2D eigenvalue weighted by Crippen LogP contribution is 2.45. The molecule has 0 fully saturated rings. The van der Waals surface area contributed by atoms with E-state index in [1.807, 2.05) is 11.3 Å². The summed E-state index contributed by atoms with van der Waals surface area (Å²) in [4.78, 5) is 2.72. The van der Waals surface area contributed by atoms with Crippen LogP contribution in [-0.2, 0) is 4.74 Å². The van der Waals surface area contributed by atoms with Crippen molar-refractivity contribution in [2.75, 3.05) is 31.6 Å². The van der Waals surface area contributed by atoms with Crippen LogP contribution in [0.25, 0.3) is 0 Å². The van der Waals surface area contributed by atoms with E-state index in [1.54, 1.807) is 19.1 Å². The second-order valence-electron chi connectivity index (χ2n) is 5.03. The molecular formula is C16H20N2OS2. The third-order valence-electron chi connectivity index (χ3n) is 3.61. The smallest absolute Gasteiger partial charge is 0.0703 e. The zero-order valence-electron chi connectivity index (χ0n) is 12.3. The van der Waals surface area contributed by atoms with Crippen LogP contribution in [-0.4, -0.2) is 27.3 Å². The number of thiophene rings is 1. The van der Waals surface area contributed by atoms with Gasteiger partial charge in [-0.1, -0.05) is 18.2 Å². The quantitative estimate of drug-likeness (QED) is 0.666. The fraction of sp³-hybridized carbons (Fsp3) is 0.375. The molecule has 0 saturated carbocycles. The number of ether oxygens (including phenoxy) is 1. The van der Waals surface area contributed by atoms with Gasteiger partial charge in [0.25, 0.3) is 0 Å². The Hall–Kier alpha value is -1.01. The Kier molecular flexibility index (Phi) is 4.85. The van der Waals surface area contributed by atoms with Crippen LogP contribution in [0.4, 0.5) is 5.69 Å². The van der Waals surface area contributed by atoms with E-state index in [4.69, 9.17) is 4.74 Å². The van der Waals surface area contributed by atoms with Crippen LogP contribution in [0.5, 0.6) is 0 Å². The molecule has 1 aliphatic rings. The molecule has 5 heteroatoms. The SMILES string of the molecule is COCCCNC1c2ccccc2SN(C)c2ccsc21. The van der Waals surface area contributed by atoms with E-state index in [-0.39, 0.29) is 6.04 Å². The van der Waals surface area contributed by atoms with Crippen LogP contribution in [0, 0.1) is 0 Å². The van der Waals surface area contributed by atoms with E-state index < -0.39 is 0 Å². The first-order chi connectivity index (χ1) is 10.3. The average molecular weight is 320 g/mol. The van der Waals surface area contributed by atoms with Gasteiger partial charge in [0, 0.05) is 25.7 Å². The maximum absolute atomic E-state index is 5.15. The van der Waals surface area contributed by atoms with Crippen LogP contribution in [0.1, 0.15) is 22.9 Å². The number of fused-ring (bicyclic) bond motifs is 2. The third kappa shape index (κ3) is 3.11. The highest BCUT2D eigenvalue weighted by molar-refractivity contribution is 8.00. The Morgan fingerprint density at radius 2 is 2.14 bits per heavy atom. The van der Waals surface area contributed by atoms with Crippen LogP contribution >= 0.6 is 23.3 Å². The molecule has 1 unspecified atom stereocenters. The molecule has 0 aliphatic carbocycles. The summed E-state index contributed by atoms with van der Waals surface area (Å²) in [5.41, 5.74) is 2.68. The van der Waals surface area contributed by atoms with Gasteiger partial charge in [-0.05, 0) is 48.0 Å². The Bertz CT molecular complexity index is 599. The van der Waals surface area contributed by atoms with Gasteiger partial charge in [0.05, 0.1) is 16.6 Å². The number of nitrogens with one attached hydrogen (secondary N) is 1. The van der Waals surface area contributed by atoms with Gasteiger partial charge < -0.3 is 14.4 Å². The van der Waals surface area contributed by atoms with Crippen LogP contribution in [0.15, 0.2) is 40.6 Å². The van der Waals surface area contributed by atoms with Crippen molar-refractivity contribution in [1.82, 2.24) is 5.32 Å². The van der Waals surface area contributed by atoms with E-state index in [9.17, 15) is 0 Å². The minimum absolute atomic E-state index is 0.269. The van der Waals surface area contributed by atoms with Crippen LogP contribution < -0.4 is 9.62 Å². The largest absolute Gasteiger partial charge is 0.385 e. The first kappa shape index (κ1) is 14.9. The maximum Gasteiger partial charge on any atom is 0.0703 e. The molecule has 1 aromatic carbocycles. The van der Waals surface area contributed by atoms with Gasteiger partial charge in [0.2, 0.25) is 0 Å². The Morgan fingerprint density at radius 3 is 3.00 bits per heavy atom. The van der Waals surface area contributed by atoms with Crippen LogP contribution in [0.2, 0.25) is 0 Å². The van der Waals surface area contributed by atoms with Gasteiger partial charge in [0.15, 0.2) is 0 Å². The first-order valence-electron chi connectivity index (χ1n) is 7.11. The summed E-state index contributed by atoms with van der Waals surface area (Å²) in [6.07, 6.45) is 1.03. The van der Waals surface area contributed by atoms with E-state index in [0.717, 1.165) is 19.6 Å². The van der Waals surface area contributed by atoms with Gasteiger partial charge >= 0.3 is 0 Å². The fourth-order valence-electron chi connectivity index (χ4n) is 2.60. The summed E-state index contributed by atoms with van der Waals surface area (Å²) in [7, 11) is 3.89. The molecule has 112 valence electrons. The predicted molar refractivity (Wildman–Crippen MR) is 91.4 cm³/mol. The van der Waals surface area contributed by atoms with Crippen molar-refractivity contribution in [3.8, 4) is 0 Å². The fourth-order valence-corrected chi connectivity index (χ4v) is 4.65. The van der Waals surface area contributed by atoms with E-state index in [0.29, 0.717) is 0 Å². The summed E-state index contributed by atoms with van der Waals surface area (Å²) < 4.78 is 7.41. The van der Waals surface area contributed by atoms with Gasteiger partial charge in [-0.3, -0.25) is 0 Å². The molecule has 2 heterocycles. The lowest BCUT2D eigenvalue weighted by atomic mass is 10.0. The summed E-state index contributed by atoms with van der Waals surface area (Å²) in [6.45, 7) is 1.76. The summed E-state index contributed by atoms with van der Waals surface area (Å²) >= 11 is 3.63. The molecule has 1 atom stereocenters. The normalized spacial score (nSPS) is 17.2. The molecular weight excluding hydrogens is 300 g/mol. The number of hydrogen-bond acceptors (Lipinski definition) is 5. The molecule has 0 bridgehead atoms. The summed E-state index contributed by atoms with van der Waals surface area (Å²) in [5.74, 6) is 0. The zero-order valence-corrected chi connectivity index (χ0v) is 14.0. The molecule has 3 rings (SSSR count). The van der Waals surface area contributed by atoms with E-state index in [2.05, 4.69) is 52.4 Å². The van der Waals surface area contributed by atoms with Crippen molar-refractivity contribution in [1.29, 1.82) is 0 Å². The molecule has 0 spiro atoms. The molecule has 1 N–H and O–H groups in total. The molecule has 21 heavy (non-hydrogen) atoms. The number of methoxy groups -OCH3 is 1. The van der Waals surface area contributed by atoms with Crippen molar-refractivity contribution in [3.63, 3.8) is 0 Å². The third-order valence-corrected chi connectivity index (χ3v) is 5.62. The molecule has 0 radical (unpaired) electrons. The topological polar surface area (TPSA) is 24.5 Å². The number of rotatable bonds is 5. The van der Waals surface area contributed by atoms with Crippen molar-refractivity contribution in [3.05, 3.63) is 46.2 Å². The monoisotopic (exact) mass is 320 g/mol. The Morgan fingerprint density at radius 1 is 1.29 bits per heavy atom. The highest BCUT2D eigenvalue weighted by atomic mass is 32.2. The lowest BCUT2D eigenvalue weighted by molar-refractivity contribution is 0.193. The van der Waals surface area contributed by atoms with Crippen molar-refractivity contribution >= 4 is 29.0 Å². The molecule has 3 nitrogen and oxygen atoms in total. The number of hydrogen-bond donors (Lipinski definition) is 1. The van der Waals surface area contributed by atoms with Gasteiger partial charge in [-0.15, -0.1) is 11.3 Å². The molecule has 1 aromatic heterocycles. The molecule has 0 saturated heterocycles. The van der Waals surface area contributed by atoms with Crippen LogP contribution in [0.3, 0.4) is 0 Å². The summed E-state index contributed by atoms with van der Waals surface area (Å²) in [5, 5.41) is 5.89. The second kappa shape index (κ2) is 6.83. The number of benzene rings is 1. The summed E-state index contributed by atoms with van der Waals surface area (Å²) in [6, 6.07) is 11.2. The lowest BCUT2D eigenvalue weighted by Gasteiger charge is -2.19. The number of nitrogens with zero attached hydrogens (tertiary/aromatic N) is 1. The average Bonchev–Trinajstić information content (AvgIpc) is 2.94. The van der Waals surface area contributed by atoms with E-state index in [1.165, 1.54) is 21.0 Å². The maximum atomic E-state index is 5.15. The van der Waals surface area contributed by atoms with Gasteiger partial charge in [-0.25, -0.2) is 0 Å². The molecule has 2 aromatic rings. The Balaban J connectivity index is 1.92. The second-order valence-corrected chi connectivity index (χ2v) is 7.15. The minimum atomic E-state index is 0.269. The molecule has 0 amide bonds. The van der Waals surface area contributed by atoms with Gasteiger partial charge in [-0.2, -0.15) is 0 Å². The van der Waals surface area contributed by atoms with Crippen molar-refractivity contribution in [2.45, 2.75) is 17.4 Å². The first-order valence-corrected chi connectivity index (χ1v) is 8.77. The lowest BCUT2D eigenvalue weighted by Crippen LogP contribution is -2.24. The number of anilines is 1. The molecule has 1 aliphatic heterocycles. The van der Waals surface area contributed by atoms with Crippen molar-refractivity contribution in [2.24, 2.45) is 0 Å². The zero-order chi connectivity index (χ0) is 14.7. The standard InChI is InChI=1S/C16H20N2OS2/c1-18-13-8-11-20-16(13)15(17-9-5-10-19-2)12-6-3-4-7-14(12)21-18/h3-4,6-8,11,15,17H,5,9-10H2,1-2H3. The van der Waals surface area contributed by atoms with Crippen molar-refractivity contribution < 1.29 is 4.74 Å². The van der Waals surface area contributed by atoms with E-state index >= 15 is 0 Å².